The van der Waals surface area contributed by atoms with Gasteiger partial charge in [0.2, 0.25) is 5.91 Å². The second-order valence-electron chi connectivity index (χ2n) is 6.04. The first-order chi connectivity index (χ1) is 13.6. The number of alkyl halides is 3. The van der Waals surface area contributed by atoms with E-state index < -0.39 is 45.8 Å². The summed E-state index contributed by atoms with van der Waals surface area (Å²) in [4.78, 5) is 17.8. The Labute approximate surface area is 167 Å². The first-order valence-electron chi connectivity index (χ1n) is 8.21. The number of carbonyl (C=O) groups excluding carboxylic acids is 1. The molecule has 1 amide bonds. The summed E-state index contributed by atoms with van der Waals surface area (Å²) >= 11 is 5.22. The van der Waals surface area contributed by atoms with Crippen molar-refractivity contribution in [2.45, 2.75) is 19.0 Å². The van der Waals surface area contributed by atoms with Gasteiger partial charge < -0.3 is 4.90 Å². The van der Waals surface area contributed by atoms with Crippen molar-refractivity contribution >= 4 is 34.6 Å². The molecule has 0 spiro atoms. The number of para-hydroxylation sites is 1. The lowest BCUT2D eigenvalue weighted by Gasteiger charge is -2.30. The number of nitrogens with zero attached hydrogens (tertiary/aromatic N) is 4. The van der Waals surface area contributed by atoms with Crippen LogP contribution in [0, 0.1) is 23.0 Å². The summed E-state index contributed by atoms with van der Waals surface area (Å²) in [5.41, 5.74) is -3.07. The van der Waals surface area contributed by atoms with E-state index >= 15 is 0 Å². The summed E-state index contributed by atoms with van der Waals surface area (Å²) in [7, 11) is 0. The van der Waals surface area contributed by atoms with Gasteiger partial charge in [0.25, 0.3) is 0 Å². The maximum Gasteiger partial charge on any atom is 0.419 e. The molecule has 0 N–H and O–H groups in total. The number of pyridine rings is 1. The minimum absolute atomic E-state index is 0.0191. The van der Waals surface area contributed by atoms with Gasteiger partial charge in [-0.3, -0.25) is 9.69 Å². The minimum Gasteiger partial charge on any atom is -0.313 e. The molecule has 2 heterocycles. The van der Waals surface area contributed by atoms with Crippen molar-refractivity contribution in [2.75, 3.05) is 16.3 Å². The molecule has 1 aliphatic heterocycles. The fraction of sp³-hybridized carbons (Fsp3) is 0.222. The Hall–Kier alpha value is -3.13. The van der Waals surface area contributed by atoms with Crippen molar-refractivity contribution in [3.05, 3.63) is 53.4 Å². The van der Waals surface area contributed by atoms with E-state index in [-0.39, 0.29) is 25.1 Å². The summed E-state index contributed by atoms with van der Waals surface area (Å²) in [6, 6.07) is 5.06. The largest absolute Gasteiger partial charge is 0.419 e. The molecule has 3 rings (SSSR count). The number of nitriles is 1. The smallest absolute Gasteiger partial charge is 0.313 e. The Kier molecular flexibility index (Phi) is 5.48. The van der Waals surface area contributed by atoms with Crippen molar-refractivity contribution in [1.29, 1.82) is 5.26 Å². The van der Waals surface area contributed by atoms with Gasteiger partial charge in [-0.2, -0.15) is 18.4 Å². The number of hydrogen-bond donors (Lipinski definition) is 0. The molecule has 1 aliphatic rings. The summed E-state index contributed by atoms with van der Waals surface area (Å²) in [6.45, 7) is -0.0191. The van der Waals surface area contributed by atoms with Gasteiger partial charge in [0.15, 0.2) is 10.8 Å². The number of aromatic nitrogens is 1. The van der Waals surface area contributed by atoms with Gasteiger partial charge in [-0.1, -0.05) is 6.07 Å². The molecule has 0 bridgehead atoms. The monoisotopic (exact) mass is 426 g/mol. The van der Waals surface area contributed by atoms with Crippen molar-refractivity contribution < 1.29 is 26.7 Å². The number of amides is 1. The van der Waals surface area contributed by atoms with Crippen LogP contribution in [0.4, 0.5) is 33.3 Å². The third-order valence-electron chi connectivity index (χ3n) is 4.19. The zero-order valence-electron chi connectivity index (χ0n) is 14.5. The lowest BCUT2D eigenvalue weighted by atomic mass is 10.1. The second-order valence-corrected chi connectivity index (χ2v) is 6.40. The molecular weight excluding hydrogens is 415 g/mol. The topological polar surface area (TPSA) is 60.2 Å². The molecule has 0 aliphatic carbocycles. The Morgan fingerprint density at radius 3 is 2.45 bits per heavy atom. The Bertz CT molecular complexity index is 1010. The number of hydrogen-bond acceptors (Lipinski definition) is 4. The predicted octanol–water partition coefficient (Wildman–Crippen LogP) is 4.17. The van der Waals surface area contributed by atoms with Gasteiger partial charge in [-0.25, -0.2) is 13.8 Å². The van der Waals surface area contributed by atoms with Crippen molar-refractivity contribution in [1.82, 2.24) is 4.98 Å². The van der Waals surface area contributed by atoms with E-state index in [1.54, 1.807) is 0 Å². The highest BCUT2D eigenvalue weighted by Gasteiger charge is 2.37. The molecule has 1 aromatic heterocycles. The van der Waals surface area contributed by atoms with Crippen LogP contribution in [0.15, 0.2) is 30.5 Å². The number of benzene rings is 1. The highest BCUT2D eigenvalue weighted by atomic mass is 32.1. The number of thiocarbonyl (C=S) groups is 1. The third kappa shape index (κ3) is 3.88. The Morgan fingerprint density at radius 2 is 1.86 bits per heavy atom. The van der Waals surface area contributed by atoms with E-state index in [9.17, 15) is 26.7 Å². The second kappa shape index (κ2) is 7.71. The van der Waals surface area contributed by atoms with Crippen molar-refractivity contribution in [3.8, 4) is 6.07 Å². The molecule has 0 unspecified atom stereocenters. The van der Waals surface area contributed by atoms with Gasteiger partial charge in [0.1, 0.15) is 23.4 Å². The number of rotatable bonds is 2. The first-order valence-corrected chi connectivity index (χ1v) is 8.61. The maximum absolute atomic E-state index is 14.2. The van der Waals surface area contributed by atoms with Gasteiger partial charge in [-0.05, 0) is 36.8 Å². The number of anilines is 2. The summed E-state index contributed by atoms with van der Waals surface area (Å²) in [5.74, 6) is -2.53. The fourth-order valence-corrected chi connectivity index (χ4v) is 3.30. The molecular formula is C18H11F5N4OS. The molecule has 0 saturated carbocycles. The Balaban J connectivity index is 2.12. The SMILES string of the molecule is N#Cc1ncc(N2C(=O)CCCN(c3c(F)cccc3F)C2=S)cc1C(F)(F)F. The van der Waals surface area contributed by atoms with E-state index in [0.717, 1.165) is 34.2 Å². The van der Waals surface area contributed by atoms with Gasteiger partial charge >= 0.3 is 6.18 Å². The molecule has 0 atom stereocenters. The van der Waals surface area contributed by atoms with Crippen LogP contribution in [0.3, 0.4) is 0 Å². The first kappa shape index (κ1) is 20.6. The van der Waals surface area contributed by atoms with Crippen LogP contribution in [-0.4, -0.2) is 22.5 Å². The molecule has 1 fully saturated rings. The predicted molar refractivity (Wildman–Crippen MR) is 97.0 cm³/mol. The Morgan fingerprint density at radius 1 is 1.21 bits per heavy atom. The van der Waals surface area contributed by atoms with Crippen LogP contribution in [0.25, 0.3) is 0 Å². The third-order valence-corrected chi connectivity index (χ3v) is 4.60. The zero-order chi connectivity index (χ0) is 21.3. The van der Waals surface area contributed by atoms with Gasteiger partial charge in [0.05, 0.1) is 17.4 Å². The molecule has 29 heavy (non-hydrogen) atoms. The molecule has 1 aromatic carbocycles. The standard InChI is InChI=1S/C18H11F5N4OS/c19-12-3-1-4-13(20)16(12)26-6-2-5-15(28)27(17(26)29)10-7-11(18(21,22)23)14(8-24)25-9-10/h1,3-4,7,9H,2,5-6H2. The number of carbonyl (C=O) groups is 1. The normalized spacial score (nSPS) is 15.3. The maximum atomic E-state index is 14.2. The van der Waals surface area contributed by atoms with Crippen LogP contribution in [-0.2, 0) is 11.0 Å². The highest BCUT2D eigenvalue weighted by molar-refractivity contribution is 7.81. The number of halogens is 5. The molecule has 0 radical (unpaired) electrons. The average Bonchev–Trinajstić information content (AvgIpc) is 2.79. The molecule has 2 aromatic rings. The van der Waals surface area contributed by atoms with Crippen LogP contribution in [0.5, 0.6) is 0 Å². The van der Waals surface area contributed by atoms with Gasteiger partial charge in [0, 0.05) is 13.0 Å². The quantitative estimate of drug-likeness (QED) is 0.533. The van der Waals surface area contributed by atoms with E-state index in [4.69, 9.17) is 17.5 Å². The van der Waals surface area contributed by atoms with E-state index in [0.29, 0.717) is 6.07 Å². The summed E-state index contributed by atoms with van der Waals surface area (Å²) in [6.07, 6.45) is -3.96. The molecule has 1 saturated heterocycles. The van der Waals surface area contributed by atoms with E-state index in [1.165, 1.54) is 6.07 Å². The van der Waals surface area contributed by atoms with Crippen LogP contribution >= 0.6 is 12.2 Å². The highest BCUT2D eigenvalue weighted by Crippen LogP contribution is 2.35. The van der Waals surface area contributed by atoms with Crippen molar-refractivity contribution in [3.63, 3.8) is 0 Å². The zero-order valence-corrected chi connectivity index (χ0v) is 15.3. The lowest BCUT2D eigenvalue weighted by molar-refractivity contribution is -0.138. The van der Waals surface area contributed by atoms with Crippen LogP contribution in [0.1, 0.15) is 24.1 Å². The molecule has 5 nitrogen and oxygen atoms in total. The fourth-order valence-electron chi connectivity index (χ4n) is 2.91. The van der Waals surface area contributed by atoms with Crippen LogP contribution in [0.2, 0.25) is 0 Å². The van der Waals surface area contributed by atoms with Crippen molar-refractivity contribution in [2.24, 2.45) is 0 Å². The van der Waals surface area contributed by atoms with E-state index in [2.05, 4.69) is 4.98 Å². The van der Waals surface area contributed by atoms with E-state index in [1.807, 2.05) is 0 Å². The summed E-state index contributed by atoms with van der Waals surface area (Å²) in [5, 5.41) is 8.48. The van der Waals surface area contributed by atoms with Crippen LogP contribution < -0.4 is 9.80 Å². The minimum atomic E-state index is -4.90. The lowest BCUT2D eigenvalue weighted by Crippen LogP contribution is -2.45. The summed E-state index contributed by atoms with van der Waals surface area (Å²) < 4.78 is 68.3. The van der Waals surface area contributed by atoms with Gasteiger partial charge in [-0.15, -0.1) is 0 Å². The average molecular weight is 426 g/mol. The molecule has 11 heteroatoms. The molecule has 150 valence electrons.